The second-order valence-corrected chi connectivity index (χ2v) is 5.17. The molecule has 0 aromatic rings. The van der Waals surface area contributed by atoms with Crippen molar-refractivity contribution in [3.63, 3.8) is 0 Å². The Labute approximate surface area is 86.5 Å². The lowest BCUT2D eigenvalue weighted by atomic mass is 10.5. The standard InChI is InChI=1S/C6H9ClN2O4S/c1-8(5(7)10)6(11)9-3-2-4-14(9,12)13/h2-4H2,1H3. The van der Waals surface area contributed by atoms with E-state index in [-0.39, 0.29) is 12.3 Å². The second-order valence-electron chi connectivity index (χ2n) is 2.84. The normalized spacial score (nSPS) is 19.4. The fourth-order valence-corrected chi connectivity index (χ4v) is 2.65. The summed E-state index contributed by atoms with van der Waals surface area (Å²) in [6, 6.07) is -0.900. The number of sulfonamides is 1. The van der Waals surface area contributed by atoms with Gasteiger partial charge in [-0.15, -0.1) is 0 Å². The third-order valence-electron chi connectivity index (χ3n) is 1.86. The summed E-state index contributed by atoms with van der Waals surface area (Å²) in [7, 11) is -2.40. The Balaban J connectivity index is 2.85. The van der Waals surface area contributed by atoms with E-state index in [2.05, 4.69) is 0 Å². The van der Waals surface area contributed by atoms with Crippen LogP contribution < -0.4 is 0 Å². The van der Waals surface area contributed by atoms with Crippen LogP contribution in [0.4, 0.5) is 9.59 Å². The number of hydrogen-bond acceptors (Lipinski definition) is 4. The van der Waals surface area contributed by atoms with Crippen LogP contribution in [-0.2, 0) is 10.0 Å². The van der Waals surface area contributed by atoms with Crippen molar-refractivity contribution in [1.82, 2.24) is 9.21 Å². The molecule has 0 aromatic carbocycles. The first kappa shape index (κ1) is 11.3. The first-order chi connectivity index (χ1) is 6.36. The number of imide groups is 1. The molecule has 3 amide bonds. The summed E-state index contributed by atoms with van der Waals surface area (Å²) >= 11 is 5.04. The Bertz CT molecular complexity index is 366. The van der Waals surface area contributed by atoms with Crippen molar-refractivity contribution in [2.24, 2.45) is 0 Å². The highest BCUT2D eigenvalue weighted by atomic mass is 35.5. The second kappa shape index (κ2) is 3.74. The van der Waals surface area contributed by atoms with Gasteiger partial charge < -0.3 is 0 Å². The van der Waals surface area contributed by atoms with Crippen molar-refractivity contribution >= 4 is 33.0 Å². The van der Waals surface area contributed by atoms with Gasteiger partial charge in [0.1, 0.15) is 0 Å². The SMILES string of the molecule is CN(C(=O)Cl)C(=O)N1CCCS1(=O)=O. The molecule has 14 heavy (non-hydrogen) atoms. The van der Waals surface area contributed by atoms with Crippen LogP contribution >= 0.6 is 11.6 Å². The molecule has 0 aromatic heterocycles. The van der Waals surface area contributed by atoms with Crippen molar-refractivity contribution in [2.75, 3.05) is 19.3 Å². The predicted molar refractivity (Wildman–Crippen MR) is 49.5 cm³/mol. The molecule has 1 heterocycles. The zero-order valence-electron chi connectivity index (χ0n) is 7.43. The molecule has 0 aliphatic carbocycles. The minimum Gasteiger partial charge on any atom is -0.255 e. The quantitative estimate of drug-likeness (QED) is 0.455. The van der Waals surface area contributed by atoms with Crippen LogP contribution in [-0.4, -0.2) is 48.4 Å². The smallest absolute Gasteiger partial charge is 0.255 e. The molecule has 1 aliphatic heterocycles. The number of nitrogens with zero attached hydrogens (tertiary/aromatic N) is 2. The van der Waals surface area contributed by atoms with Crippen molar-refractivity contribution < 1.29 is 18.0 Å². The highest BCUT2D eigenvalue weighted by Gasteiger charge is 2.35. The third kappa shape index (κ3) is 1.98. The van der Waals surface area contributed by atoms with Crippen LogP contribution in [0.5, 0.6) is 0 Å². The summed E-state index contributed by atoms with van der Waals surface area (Å²) in [6.45, 7) is 0.107. The van der Waals surface area contributed by atoms with Crippen LogP contribution in [0.25, 0.3) is 0 Å². The fourth-order valence-electron chi connectivity index (χ4n) is 1.10. The number of rotatable bonds is 0. The van der Waals surface area contributed by atoms with Crippen molar-refractivity contribution in [2.45, 2.75) is 6.42 Å². The Morgan fingerprint density at radius 2 is 2.00 bits per heavy atom. The first-order valence-electron chi connectivity index (χ1n) is 3.84. The largest absolute Gasteiger partial charge is 0.341 e. The molecule has 0 atom stereocenters. The first-order valence-corrected chi connectivity index (χ1v) is 5.82. The van der Waals surface area contributed by atoms with Crippen LogP contribution in [0.15, 0.2) is 0 Å². The maximum absolute atomic E-state index is 11.4. The van der Waals surface area contributed by atoms with Gasteiger partial charge in [-0.05, 0) is 18.0 Å². The average Bonchev–Trinajstić information content (AvgIpc) is 2.42. The molecule has 6 nitrogen and oxygen atoms in total. The third-order valence-corrected chi connectivity index (χ3v) is 3.93. The number of hydrogen-bond donors (Lipinski definition) is 0. The van der Waals surface area contributed by atoms with Gasteiger partial charge in [-0.25, -0.2) is 17.5 Å². The van der Waals surface area contributed by atoms with Crippen LogP contribution in [0.1, 0.15) is 6.42 Å². The average molecular weight is 241 g/mol. The summed E-state index contributed by atoms with van der Waals surface area (Å²) in [4.78, 5) is 22.5. The van der Waals surface area contributed by atoms with Crippen LogP contribution in [0.2, 0.25) is 0 Å². The molecular formula is C6H9ClN2O4S. The number of amides is 3. The lowest BCUT2D eigenvalue weighted by Gasteiger charge is -2.19. The zero-order valence-corrected chi connectivity index (χ0v) is 9.01. The summed E-state index contributed by atoms with van der Waals surface area (Å²) in [5.41, 5.74) is 0. The predicted octanol–water partition coefficient (Wildman–Crippen LogP) is 0.433. The monoisotopic (exact) mass is 240 g/mol. The molecule has 0 saturated carbocycles. The van der Waals surface area contributed by atoms with Gasteiger partial charge in [0, 0.05) is 13.6 Å². The van der Waals surface area contributed by atoms with E-state index in [1.165, 1.54) is 0 Å². The molecular weight excluding hydrogens is 232 g/mol. The van der Waals surface area contributed by atoms with Crippen molar-refractivity contribution in [1.29, 1.82) is 0 Å². The molecule has 0 unspecified atom stereocenters. The van der Waals surface area contributed by atoms with Gasteiger partial charge in [-0.2, -0.15) is 0 Å². The lowest BCUT2D eigenvalue weighted by molar-refractivity contribution is 0.193. The summed E-state index contributed by atoms with van der Waals surface area (Å²) in [5.74, 6) is -0.0664. The lowest BCUT2D eigenvalue weighted by Crippen LogP contribution is -2.42. The van der Waals surface area contributed by atoms with E-state index in [4.69, 9.17) is 11.6 Å². The molecule has 1 fully saturated rings. The van der Waals surface area contributed by atoms with Crippen LogP contribution in [0.3, 0.4) is 0 Å². The molecule has 0 N–H and O–H groups in total. The summed E-state index contributed by atoms with van der Waals surface area (Å²) < 4.78 is 23.2. The Morgan fingerprint density at radius 1 is 1.43 bits per heavy atom. The summed E-state index contributed by atoms with van der Waals surface area (Å²) in [5, 5.41) is -1.00. The molecule has 0 spiro atoms. The number of urea groups is 1. The maximum Gasteiger partial charge on any atom is 0.341 e. The Kier molecular flexibility index (Phi) is 3.01. The van der Waals surface area contributed by atoms with E-state index in [0.717, 1.165) is 7.05 Å². The molecule has 80 valence electrons. The van der Waals surface area contributed by atoms with E-state index in [9.17, 15) is 18.0 Å². The van der Waals surface area contributed by atoms with Gasteiger partial charge in [0.05, 0.1) is 5.75 Å². The van der Waals surface area contributed by atoms with E-state index >= 15 is 0 Å². The van der Waals surface area contributed by atoms with E-state index in [1.807, 2.05) is 0 Å². The highest BCUT2D eigenvalue weighted by molar-refractivity contribution is 7.89. The maximum atomic E-state index is 11.4. The van der Waals surface area contributed by atoms with E-state index < -0.39 is 21.4 Å². The number of carbonyl (C=O) groups is 2. The van der Waals surface area contributed by atoms with Crippen molar-refractivity contribution in [3.05, 3.63) is 0 Å². The van der Waals surface area contributed by atoms with Gasteiger partial charge >= 0.3 is 11.4 Å². The minimum atomic E-state index is -3.53. The number of carbonyl (C=O) groups excluding carboxylic acids is 2. The number of halogens is 1. The van der Waals surface area contributed by atoms with Gasteiger partial charge in [0.2, 0.25) is 10.0 Å². The van der Waals surface area contributed by atoms with E-state index in [0.29, 0.717) is 15.6 Å². The van der Waals surface area contributed by atoms with Gasteiger partial charge in [-0.1, -0.05) is 0 Å². The zero-order chi connectivity index (χ0) is 10.9. The minimum absolute atomic E-state index is 0.0664. The molecule has 8 heteroatoms. The fraction of sp³-hybridized carbons (Fsp3) is 0.667. The highest BCUT2D eigenvalue weighted by Crippen LogP contribution is 2.15. The Morgan fingerprint density at radius 3 is 2.36 bits per heavy atom. The van der Waals surface area contributed by atoms with Gasteiger partial charge in [0.15, 0.2) is 0 Å². The molecule has 0 bridgehead atoms. The molecule has 1 saturated heterocycles. The summed E-state index contributed by atoms with van der Waals surface area (Å²) in [6.07, 6.45) is 0.387. The van der Waals surface area contributed by atoms with Gasteiger partial charge in [0.25, 0.3) is 0 Å². The van der Waals surface area contributed by atoms with Gasteiger partial charge in [-0.3, -0.25) is 9.69 Å². The van der Waals surface area contributed by atoms with E-state index in [1.54, 1.807) is 0 Å². The Hall–Kier alpha value is -0.820. The van der Waals surface area contributed by atoms with Crippen molar-refractivity contribution in [3.8, 4) is 0 Å². The van der Waals surface area contributed by atoms with Crippen LogP contribution in [0, 0.1) is 0 Å². The molecule has 1 aliphatic rings. The molecule has 0 radical (unpaired) electrons. The topological polar surface area (TPSA) is 74.8 Å². The molecule has 1 rings (SSSR count).